The third kappa shape index (κ3) is 2.58. The fourth-order valence-corrected chi connectivity index (χ4v) is 2.29. The molecule has 16 heavy (non-hydrogen) atoms. The normalized spacial score (nSPS) is 11.4. The zero-order valence-electron chi connectivity index (χ0n) is 9.47. The van der Waals surface area contributed by atoms with Crippen molar-refractivity contribution in [2.75, 3.05) is 11.9 Å². The molecular weight excluding hydrogens is 218 g/mol. The maximum atomic E-state index is 4.14. The quantitative estimate of drug-likeness (QED) is 0.882. The summed E-state index contributed by atoms with van der Waals surface area (Å²) >= 11 is 1.78. The molecule has 0 unspecified atom stereocenters. The van der Waals surface area contributed by atoms with Gasteiger partial charge in [-0.2, -0.15) is 0 Å². The van der Waals surface area contributed by atoms with Gasteiger partial charge in [-0.1, -0.05) is 19.9 Å². The lowest BCUT2D eigenvalue weighted by atomic mass is 9.91. The average molecular weight is 233 g/mol. The molecule has 0 aromatic carbocycles. The molecular formula is C12H15N3S. The van der Waals surface area contributed by atoms with Crippen LogP contribution < -0.4 is 5.32 Å². The van der Waals surface area contributed by atoms with Crippen molar-refractivity contribution in [2.24, 2.45) is 0 Å². The van der Waals surface area contributed by atoms with Crippen molar-refractivity contribution < 1.29 is 0 Å². The molecule has 0 atom stereocenters. The van der Waals surface area contributed by atoms with Crippen LogP contribution in [0, 0.1) is 0 Å². The van der Waals surface area contributed by atoms with Crippen LogP contribution >= 0.6 is 11.3 Å². The highest BCUT2D eigenvalue weighted by Gasteiger charge is 2.21. The van der Waals surface area contributed by atoms with E-state index in [0.717, 1.165) is 6.54 Å². The Hall–Kier alpha value is -1.42. The van der Waals surface area contributed by atoms with Gasteiger partial charge in [0.05, 0.1) is 0 Å². The summed E-state index contributed by atoms with van der Waals surface area (Å²) in [5, 5.41) is 5.36. The van der Waals surface area contributed by atoms with Crippen LogP contribution in [0.15, 0.2) is 36.0 Å². The lowest BCUT2D eigenvalue weighted by Gasteiger charge is -2.23. The third-order valence-electron chi connectivity index (χ3n) is 2.44. The van der Waals surface area contributed by atoms with Crippen molar-refractivity contribution in [3.63, 3.8) is 0 Å². The predicted molar refractivity (Wildman–Crippen MR) is 67.9 cm³/mol. The van der Waals surface area contributed by atoms with Crippen LogP contribution in [-0.2, 0) is 5.41 Å². The second kappa shape index (κ2) is 4.61. The number of anilines is 1. The SMILES string of the molecule is CC(C)(CNc1ncccn1)c1cccs1. The predicted octanol–water partition coefficient (Wildman–Crippen LogP) is 2.93. The summed E-state index contributed by atoms with van der Waals surface area (Å²) in [7, 11) is 0. The summed E-state index contributed by atoms with van der Waals surface area (Å²) < 4.78 is 0. The Bertz CT molecular complexity index is 423. The van der Waals surface area contributed by atoms with Crippen LogP contribution in [0.1, 0.15) is 18.7 Å². The first-order valence-corrected chi connectivity index (χ1v) is 6.11. The van der Waals surface area contributed by atoms with Crippen molar-refractivity contribution in [2.45, 2.75) is 19.3 Å². The van der Waals surface area contributed by atoms with Gasteiger partial charge in [-0.15, -0.1) is 11.3 Å². The molecule has 0 radical (unpaired) electrons. The highest BCUT2D eigenvalue weighted by Crippen LogP contribution is 2.27. The zero-order chi connectivity index (χ0) is 11.4. The third-order valence-corrected chi connectivity index (χ3v) is 3.68. The van der Waals surface area contributed by atoms with Crippen molar-refractivity contribution in [3.8, 4) is 0 Å². The van der Waals surface area contributed by atoms with Gasteiger partial charge < -0.3 is 5.32 Å². The van der Waals surface area contributed by atoms with Gasteiger partial charge in [0.2, 0.25) is 5.95 Å². The van der Waals surface area contributed by atoms with E-state index in [9.17, 15) is 0 Å². The number of nitrogens with zero attached hydrogens (tertiary/aromatic N) is 2. The molecule has 2 aromatic heterocycles. The molecule has 0 aliphatic carbocycles. The molecule has 3 nitrogen and oxygen atoms in total. The summed E-state index contributed by atoms with van der Waals surface area (Å²) in [6, 6.07) is 6.06. The van der Waals surface area contributed by atoms with Crippen LogP contribution in [0.2, 0.25) is 0 Å². The van der Waals surface area contributed by atoms with E-state index in [1.165, 1.54) is 4.88 Å². The standard InChI is InChI=1S/C12H15N3S/c1-12(2,10-5-3-8-16-10)9-15-11-13-6-4-7-14-11/h3-8H,9H2,1-2H3,(H,13,14,15). The highest BCUT2D eigenvalue weighted by atomic mass is 32.1. The van der Waals surface area contributed by atoms with Crippen LogP contribution in [0.25, 0.3) is 0 Å². The van der Waals surface area contributed by atoms with Gasteiger partial charge >= 0.3 is 0 Å². The Morgan fingerprint density at radius 2 is 2.00 bits per heavy atom. The van der Waals surface area contributed by atoms with E-state index in [1.807, 2.05) is 6.07 Å². The van der Waals surface area contributed by atoms with E-state index in [-0.39, 0.29) is 5.41 Å². The lowest BCUT2D eigenvalue weighted by Crippen LogP contribution is -2.27. The fourth-order valence-electron chi connectivity index (χ4n) is 1.44. The second-order valence-electron chi connectivity index (χ2n) is 4.29. The van der Waals surface area contributed by atoms with Gasteiger partial charge in [0.25, 0.3) is 0 Å². The Morgan fingerprint density at radius 1 is 1.25 bits per heavy atom. The number of hydrogen-bond donors (Lipinski definition) is 1. The van der Waals surface area contributed by atoms with Crippen molar-refractivity contribution >= 4 is 17.3 Å². The largest absolute Gasteiger partial charge is 0.353 e. The average Bonchev–Trinajstić information content (AvgIpc) is 2.82. The number of hydrogen-bond acceptors (Lipinski definition) is 4. The van der Waals surface area contributed by atoms with E-state index in [2.05, 4.69) is 46.6 Å². The first kappa shape index (κ1) is 11.1. The Balaban J connectivity index is 2.00. The van der Waals surface area contributed by atoms with E-state index in [1.54, 1.807) is 23.7 Å². The molecule has 0 saturated heterocycles. The summed E-state index contributed by atoms with van der Waals surface area (Å²) in [6.45, 7) is 5.26. The summed E-state index contributed by atoms with van der Waals surface area (Å²) in [5.41, 5.74) is 0.105. The minimum Gasteiger partial charge on any atom is -0.353 e. The molecule has 0 fully saturated rings. The van der Waals surface area contributed by atoms with Gasteiger partial charge in [-0.25, -0.2) is 9.97 Å². The van der Waals surface area contributed by atoms with E-state index in [4.69, 9.17) is 0 Å². The van der Waals surface area contributed by atoms with Gasteiger partial charge in [0.15, 0.2) is 0 Å². The monoisotopic (exact) mass is 233 g/mol. The molecule has 2 rings (SSSR count). The molecule has 2 aromatic rings. The van der Waals surface area contributed by atoms with E-state index < -0.39 is 0 Å². The minimum absolute atomic E-state index is 0.105. The first-order chi connectivity index (χ1) is 7.68. The molecule has 2 heterocycles. The van der Waals surface area contributed by atoms with Crippen LogP contribution in [0.3, 0.4) is 0 Å². The summed E-state index contributed by atoms with van der Waals surface area (Å²) in [6.07, 6.45) is 3.49. The van der Waals surface area contributed by atoms with Crippen LogP contribution in [0.4, 0.5) is 5.95 Å². The van der Waals surface area contributed by atoms with Gasteiger partial charge in [-0.05, 0) is 17.5 Å². The topological polar surface area (TPSA) is 37.8 Å². The first-order valence-electron chi connectivity index (χ1n) is 5.23. The van der Waals surface area contributed by atoms with Gasteiger partial charge in [0, 0.05) is 29.2 Å². The Labute approximate surface area is 99.6 Å². The summed E-state index contributed by atoms with van der Waals surface area (Å²) in [4.78, 5) is 9.66. The second-order valence-corrected chi connectivity index (χ2v) is 5.23. The van der Waals surface area contributed by atoms with E-state index >= 15 is 0 Å². The fraction of sp³-hybridized carbons (Fsp3) is 0.333. The minimum atomic E-state index is 0.105. The lowest BCUT2D eigenvalue weighted by molar-refractivity contribution is 0.567. The molecule has 0 aliphatic heterocycles. The zero-order valence-corrected chi connectivity index (χ0v) is 10.3. The van der Waals surface area contributed by atoms with Crippen molar-refractivity contribution in [1.82, 2.24) is 9.97 Å². The Morgan fingerprint density at radius 3 is 2.62 bits per heavy atom. The molecule has 0 amide bonds. The molecule has 0 aliphatic rings. The van der Waals surface area contributed by atoms with Crippen molar-refractivity contribution in [1.29, 1.82) is 0 Å². The highest BCUT2D eigenvalue weighted by molar-refractivity contribution is 7.10. The number of rotatable bonds is 4. The van der Waals surface area contributed by atoms with Gasteiger partial charge in [0.1, 0.15) is 0 Å². The van der Waals surface area contributed by atoms with Gasteiger partial charge in [-0.3, -0.25) is 0 Å². The molecule has 1 N–H and O–H groups in total. The maximum Gasteiger partial charge on any atom is 0.222 e. The number of thiophene rings is 1. The summed E-state index contributed by atoms with van der Waals surface area (Å²) in [5.74, 6) is 0.687. The molecule has 0 spiro atoms. The molecule has 4 heteroatoms. The molecule has 0 bridgehead atoms. The van der Waals surface area contributed by atoms with E-state index in [0.29, 0.717) is 5.95 Å². The molecule has 0 saturated carbocycles. The molecule has 84 valence electrons. The van der Waals surface area contributed by atoms with Crippen LogP contribution in [0.5, 0.6) is 0 Å². The Kier molecular flexibility index (Phi) is 3.19. The maximum absolute atomic E-state index is 4.14. The smallest absolute Gasteiger partial charge is 0.222 e. The van der Waals surface area contributed by atoms with Crippen LogP contribution in [-0.4, -0.2) is 16.5 Å². The van der Waals surface area contributed by atoms with Crippen molar-refractivity contribution in [3.05, 3.63) is 40.8 Å². The number of aromatic nitrogens is 2. The number of nitrogens with one attached hydrogen (secondary N) is 1.